The molecule has 0 fully saturated rings. The van der Waals surface area contributed by atoms with Gasteiger partial charge in [-0.2, -0.15) is 0 Å². The van der Waals surface area contributed by atoms with Gasteiger partial charge in [-0.3, -0.25) is 4.98 Å². The van der Waals surface area contributed by atoms with E-state index in [1.165, 1.54) is 0 Å². The van der Waals surface area contributed by atoms with E-state index in [0.29, 0.717) is 0 Å². The Hall–Kier alpha value is -1.85. The van der Waals surface area contributed by atoms with Crippen molar-refractivity contribution in [1.29, 1.82) is 0 Å². The zero-order chi connectivity index (χ0) is 14.5. The van der Waals surface area contributed by atoms with Gasteiger partial charge in [-0.25, -0.2) is 8.78 Å². The van der Waals surface area contributed by atoms with Crippen LogP contribution in [0.4, 0.5) is 8.78 Å². The molecule has 0 aliphatic heterocycles. The van der Waals surface area contributed by atoms with E-state index in [9.17, 15) is 13.9 Å². The van der Waals surface area contributed by atoms with Crippen LogP contribution >= 0.6 is 0 Å². The number of nitrogens with zero attached hydrogens (tertiary/aromatic N) is 1. The summed E-state index contributed by atoms with van der Waals surface area (Å²) in [5.41, 5.74) is 0.964. The molecule has 2 aromatic rings. The van der Waals surface area contributed by atoms with Gasteiger partial charge < -0.3 is 10.4 Å². The zero-order valence-corrected chi connectivity index (χ0v) is 11.1. The van der Waals surface area contributed by atoms with E-state index in [1.807, 2.05) is 19.1 Å². The summed E-state index contributed by atoms with van der Waals surface area (Å²) < 4.78 is 26.6. The van der Waals surface area contributed by atoms with E-state index in [0.717, 1.165) is 23.8 Å². The normalized spacial score (nSPS) is 14.0. The molecule has 2 rings (SSSR count). The van der Waals surface area contributed by atoms with Gasteiger partial charge in [0.1, 0.15) is 11.6 Å². The third-order valence-corrected chi connectivity index (χ3v) is 3.14. The van der Waals surface area contributed by atoms with Crippen LogP contribution in [-0.4, -0.2) is 16.6 Å². The Morgan fingerprint density at radius 3 is 2.60 bits per heavy atom. The molecule has 0 spiro atoms. The lowest BCUT2D eigenvalue weighted by Gasteiger charge is -2.18. The SMILES string of the molecule is C[C@H](NCC(O)c1cc(F)ccc1F)c1ccncc1. The van der Waals surface area contributed by atoms with Crippen molar-refractivity contribution in [2.45, 2.75) is 19.1 Å². The molecule has 0 radical (unpaired) electrons. The number of hydrogen-bond donors (Lipinski definition) is 2. The molecule has 1 aromatic carbocycles. The van der Waals surface area contributed by atoms with Crippen LogP contribution in [0, 0.1) is 11.6 Å². The van der Waals surface area contributed by atoms with Crippen LogP contribution in [0.5, 0.6) is 0 Å². The van der Waals surface area contributed by atoms with Crippen LogP contribution in [0.3, 0.4) is 0 Å². The zero-order valence-electron chi connectivity index (χ0n) is 11.1. The fourth-order valence-corrected chi connectivity index (χ4v) is 1.94. The van der Waals surface area contributed by atoms with Crippen molar-refractivity contribution in [1.82, 2.24) is 10.3 Å². The molecule has 0 saturated heterocycles. The van der Waals surface area contributed by atoms with Gasteiger partial charge in [-0.05, 0) is 42.8 Å². The minimum absolute atomic E-state index is 0.0238. The van der Waals surface area contributed by atoms with E-state index >= 15 is 0 Å². The smallest absolute Gasteiger partial charge is 0.129 e. The van der Waals surface area contributed by atoms with Gasteiger partial charge in [0.25, 0.3) is 0 Å². The molecule has 2 N–H and O–H groups in total. The van der Waals surface area contributed by atoms with E-state index in [1.54, 1.807) is 12.4 Å². The largest absolute Gasteiger partial charge is 0.387 e. The second-order valence-corrected chi connectivity index (χ2v) is 4.59. The van der Waals surface area contributed by atoms with Gasteiger partial charge in [0.2, 0.25) is 0 Å². The quantitative estimate of drug-likeness (QED) is 0.884. The van der Waals surface area contributed by atoms with Crippen LogP contribution in [0.1, 0.15) is 30.2 Å². The molecule has 20 heavy (non-hydrogen) atoms. The van der Waals surface area contributed by atoms with E-state index < -0.39 is 17.7 Å². The Morgan fingerprint density at radius 1 is 1.20 bits per heavy atom. The predicted molar refractivity (Wildman–Crippen MR) is 72.0 cm³/mol. The van der Waals surface area contributed by atoms with Crippen LogP contribution in [-0.2, 0) is 0 Å². The summed E-state index contributed by atoms with van der Waals surface area (Å²) >= 11 is 0. The molecule has 0 aliphatic carbocycles. The van der Waals surface area contributed by atoms with Crippen LogP contribution in [0.25, 0.3) is 0 Å². The summed E-state index contributed by atoms with van der Waals surface area (Å²) in [6.07, 6.45) is 2.25. The topological polar surface area (TPSA) is 45.1 Å². The average Bonchev–Trinajstić information content (AvgIpc) is 2.47. The lowest BCUT2D eigenvalue weighted by atomic mass is 10.1. The summed E-state index contributed by atoms with van der Waals surface area (Å²) in [4.78, 5) is 3.92. The molecule has 0 amide bonds. The molecule has 0 bridgehead atoms. The summed E-state index contributed by atoms with van der Waals surface area (Å²) in [5, 5.41) is 13.0. The molecule has 3 nitrogen and oxygen atoms in total. The first-order chi connectivity index (χ1) is 9.58. The third-order valence-electron chi connectivity index (χ3n) is 3.14. The number of aromatic nitrogens is 1. The van der Waals surface area contributed by atoms with Gasteiger partial charge in [-0.15, -0.1) is 0 Å². The number of rotatable bonds is 5. The van der Waals surface area contributed by atoms with Gasteiger partial charge in [0.15, 0.2) is 0 Å². The monoisotopic (exact) mass is 278 g/mol. The summed E-state index contributed by atoms with van der Waals surface area (Å²) in [6.45, 7) is 2.05. The van der Waals surface area contributed by atoms with Crippen molar-refractivity contribution < 1.29 is 13.9 Å². The Labute approximate surface area is 116 Å². The molecule has 0 aliphatic rings. The van der Waals surface area contributed by atoms with Crippen LogP contribution < -0.4 is 5.32 Å². The maximum atomic E-state index is 13.5. The van der Waals surface area contributed by atoms with Crippen molar-refractivity contribution >= 4 is 0 Å². The van der Waals surface area contributed by atoms with Gasteiger partial charge in [0, 0.05) is 30.5 Å². The van der Waals surface area contributed by atoms with Gasteiger partial charge in [-0.1, -0.05) is 0 Å². The number of nitrogens with one attached hydrogen (secondary N) is 1. The van der Waals surface area contributed by atoms with E-state index in [2.05, 4.69) is 10.3 Å². The Bertz CT molecular complexity index is 563. The predicted octanol–water partition coefficient (Wildman–Crippen LogP) is 2.74. The fraction of sp³-hybridized carbons (Fsp3) is 0.267. The number of benzene rings is 1. The molecule has 1 unspecified atom stereocenters. The minimum atomic E-state index is -1.10. The third kappa shape index (κ3) is 3.59. The first-order valence-corrected chi connectivity index (χ1v) is 6.34. The van der Waals surface area contributed by atoms with Gasteiger partial charge in [0.05, 0.1) is 6.10 Å². The highest BCUT2D eigenvalue weighted by Gasteiger charge is 2.15. The maximum absolute atomic E-state index is 13.5. The number of aliphatic hydroxyl groups excluding tert-OH is 1. The molecule has 0 saturated carbocycles. The van der Waals surface area contributed by atoms with E-state index in [-0.39, 0.29) is 18.2 Å². The molecule has 1 heterocycles. The highest BCUT2D eigenvalue weighted by atomic mass is 19.1. The summed E-state index contributed by atoms with van der Waals surface area (Å²) in [7, 11) is 0. The van der Waals surface area contributed by atoms with Crippen molar-refractivity contribution in [3.8, 4) is 0 Å². The van der Waals surface area contributed by atoms with Crippen molar-refractivity contribution in [2.24, 2.45) is 0 Å². The van der Waals surface area contributed by atoms with Crippen molar-refractivity contribution in [3.63, 3.8) is 0 Å². The van der Waals surface area contributed by atoms with Crippen LogP contribution in [0.15, 0.2) is 42.7 Å². The molecule has 106 valence electrons. The molecule has 5 heteroatoms. The lowest BCUT2D eigenvalue weighted by molar-refractivity contribution is 0.166. The number of aliphatic hydroxyl groups is 1. The molecule has 2 atom stereocenters. The van der Waals surface area contributed by atoms with E-state index in [4.69, 9.17) is 0 Å². The lowest BCUT2D eigenvalue weighted by Crippen LogP contribution is -2.25. The van der Waals surface area contributed by atoms with Crippen molar-refractivity contribution in [2.75, 3.05) is 6.54 Å². The minimum Gasteiger partial charge on any atom is -0.387 e. The second-order valence-electron chi connectivity index (χ2n) is 4.59. The highest BCUT2D eigenvalue weighted by Crippen LogP contribution is 2.19. The summed E-state index contributed by atoms with van der Waals surface area (Å²) in [5.74, 6) is -1.18. The Morgan fingerprint density at radius 2 is 1.90 bits per heavy atom. The number of pyridine rings is 1. The Balaban J connectivity index is 1.98. The van der Waals surface area contributed by atoms with Crippen molar-refractivity contribution in [3.05, 3.63) is 65.5 Å². The molecular formula is C15H16F2N2O. The Kier molecular flexibility index (Phi) is 4.76. The maximum Gasteiger partial charge on any atom is 0.129 e. The van der Waals surface area contributed by atoms with Gasteiger partial charge >= 0.3 is 0 Å². The standard InChI is InChI=1S/C15H16F2N2O/c1-10(11-4-6-18-7-5-11)19-9-15(20)13-8-12(16)2-3-14(13)17/h2-8,10,15,19-20H,9H2,1H3/t10-,15?/m0/s1. The first kappa shape index (κ1) is 14.6. The first-order valence-electron chi connectivity index (χ1n) is 6.34. The summed E-state index contributed by atoms with van der Waals surface area (Å²) in [6, 6.07) is 6.74. The second kappa shape index (κ2) is 6.54. The number of halogens is 2. The highest BCUT2D eigenvalue weighted by molar-refractivity contribution is 5.21. The molecule has 1 aromatic heterocycles. The fourth-order valence-electron chi connectivity index (χ4n) is 1.94. The average molecular weight is 278 g/mol. The molecular weight excluding hydrogens is 262 g/mol. The van der Waals surface area contributed by atoms with Crippen LogP contribution in [0.2, 0.25) is 0 Å². The number of hydrogen-bond acceptors (Lipinski definition) is 3.